The summed E-state index contributed by atoms with van der Waals surface area (Å²) in [5.74, 6) is 0.716. The minimum Gasteiger partial charge on any atom is -0.309 e. The van der Waals surface area contributed by atoms with Crippen LogP contribution in [0.5, 0.6) is 0 Å². The number of nitrogens with zero attached hydrogens (tertiary/aromatic N) is 3. The molecule has 0 amide bonds. The Hall–Kier alpha value is -7.88. The first-order valence-corrected chi connectivity index (χ1v) is 21.4. The number of benzene rings is 9. The molecule has 9 aromatic carbocycles. The summed E-state index contributed by atoms with van der Waals surface area (Å²) in [6.45, 7) is 4.69. The third kappa shape index (κ3) is 5.81. The van der Waals surface area contributed by atoms with E-state index in [0.29, 0.717) is 5.82 Å². The fourth-order valence-electron chi connectivity index (χ4n) is 9.83. The Bertz CT molecular complexity index is 3510. The molecule has 0 unspecified atom stereocenters. The molecule has 0 saturated carbocycles. The molecule has 0 fully saturated rings. The van der Waals surface area contributed by atoms with Gasteiger partial charge in [0, 0.05) is 38.6 Å². The van der Waals surface area contributed by atoms with Gasteiger partial charge in [-0.3, -0.25) is 0 Å². The van der Waals surface area contributed by atoms with Gasteiger partial charge in [0.25, 0.3) is 0 Å². The second-order valence-corrected chi connectivity index (χ2v) is 17.0. The van der Waals surface area contributed by atoms with E-state index in [2.05, 4.69) is 225 Å². The van der Waals surface area contributed by atoms with E-state index in [1.54, 1.807) is 0 Å². The first kappa shape index (κ1) is 36.0. The standard InChI is InChI=1S/C59H41N3/c1-59(2)51-22-13-21-49(57(51)50-34-43-16-9-10-17-44(43)35-52(50)59)54-37-53(60-58(61-54)42-14-5-3-6-15-42)41-30-28-39(29-31-41)38-24-26-40(27-25-38)45-32-33-48-47-20-11-12-23-55(47)62(56(48)36-45)46-18-7-4-8-19-46/h3-37H,1-2H3. The van der Waals surface area contributed by atoms with Crippen LogP contribution < -0.4 is 0 Å². The van der Waals surface area contributed by atoms with Crippen molar-refractivity contribution in [3.05, 3.63) is 223 Å². The Kier molecular flexibility index (Phi) is 8.20. The average molecular weight is 792 g/mol. The fraction of sp³-hybridized carbons (Fsp3) is 0.0508. The van der Waals surface area contributed by atoms with Crippen LogP contribution in [0.3, 0.4) is 0 Å². The van der Waals surface area contributed by atoms with Crippen molar-refractivity contribution in [3.63, 3.8) is 0 Å². The Labute approximate surface area is 361 Å². The molecule has 0 N–H and O–H groups in total. The number of rotatable bonds is 6. The summed E-state index contributed by atoms with van der Waals surface area (Å²) in [5, 5.41) is 5.04. The van der Waals surface area contributed by atoms with Crippen molar-refractivity contribution in [3.8, 4) is 73.0 Å². The normalized spacial score (nSPS) is 12.8. The van der Waals surface area contributed by atoms with Crippen molar-refractivity contribution >= 4 is 32.6 Å². The van der Waals surface area contributed by atoms with Crippen LogP contribution >= 0.6 is 0 Å². The monoisotopic (exact) mass is 791 g/mol. The molecule has 1 aliphatic carbocycles. The van der Waals surface area contributed by atoms with E-state index in [4.69, 9.17) is 9.97 Å². The van der Waals surface area contributed by atoms with Crippen LogP contribution in [-0.4, -0.2) is 14.5 Å². The molecule has 292 valence electrons. The highest BCUT2D eigenvalue weighted by atomic mass is 15.0. The zero-order valence-corrected chi connectivity index (χ0v) is 34.5. The van der Waals surface area contributed by atoms with Crippen molar-refractivity contribution < 1.29 is 0 Å². The predicted octanol–water partition coefficient (Wildman–Crippen LogP) is 15.4. The van der Waals surface area contributed by atoms with Gasteiger partial charge < -0.3 is 4.57 Å². The summed E-state index contributed by atoms with van der Waals surface area (Å²) in [6.07, 6.45) is 0. The zero-order valence-electron chi connectivity index (χ0n) is 34.5. The van der Waals surface area contributed by atoms with E-state index in [1.807, 2.05) is 6.07 Å². The fourth-order valence-corrected chi connectivity index (χ4v) is 9.83. The predicted molar refractivity (Wildman–Crippen MR) is 259 cm³/mol. The number of hydrogen-bond donors (Lipinski definition) is 0. The van der Waals surface area contributed by atoms with Crippen molar-refractivity contribution in [2.75, 3.05) is 0 Å². The highest BCUT2D eigenvalue weighted by Crippen LogP contribution is 2.53. The quantitative estimate of drug-likeness (QED) is 0.168. The second-order valence-electron chi connectivity index (χ2n) is 17.0. The van der Waals surface area contributed by atoms with Crippen molar-refractivity contribution in [1.29, 1.82) is 0 Å². The molecule has 1 aliphatic rings. The molecule has 0 aliphatic heterocycles. The van der Waals surface area contributed by atoms with E-state index >= 15 is 0 Å². The maximum absolute atomic E-state index is 5.29. The Balaban J connectivity index is 0.907. The average Bonchev–Trinajstić information content (AvgIpc) is 3.78. The Morgan fingerprint density at radius 2 is 0.952 bits per heavy atom. The molecule has 11 aromatic rings. The third-order valence-corrected chi connectivity index (χ3v) is 13.0. The van der Waals surface area contributed by atoms with E-state index in [9.17, 15) is 0 Å². The van der Waals surface area contributed by atoms with Crippen LogP contribution in [0.1, 0.15) is 25.0 Å². The maximum atomic E-state index is 5.29. The van der Waals surface area contributed by atoms with Gasteiger partial charge >= 0.3 is 0 Å². The van der Waals surface area contributed by atoms with E-state index in [1.165, 1.54) is 71.5 Å². The Morgan fingerprint density at radius 3 is 1.69 bits per heavy atom. The summed E-state index contributed by atoms with van der Waals surface area (Å²) >= 11 is 0. The van der Waals surface area contributed by atoms with E-state index < -0.39 is 0 Å². The topological polar surface area (TPSA) is 30.7 Å². The number of aromatic nitrogens is 3. The molecular weight excluding hydrogens is 751 g/mol. The molecular formula is C59H41N3. The van der Waals surface area contributed by atoms with Crippen LogP contribution in [0.25, 0.3) is 106 Å². The SMILES string of the molecule is CC1(C)c2cc3ccccc3cc2-c2c(-c3cc(-c4ccc(-c5ccc(-c6ccc7c8ccccc8n(-c8ccccc8)c7c6)cc5)cc4)nc(-c4ccccc4)n3)cccc21. The van der Waals surface area contributed by atoms with Crippen molar-refractivity contribution in [1.82, 2.24) is 14.5 Å². The van der Waals surface area contributed by atoms with Crippen LogP contribution in [0.15, 0.2) is 212 Å². The molecule has 0 atom stereocenters. The van der Waals surface area contributed by atoms with Gasteiger partial charge in [0.1, 0.15) is 0 Å². The lowest BCUT2D eigenvalue weighted by Gasteiger charge is -2.22. The highest BCUT2D eigenvalue weighted by molar-refractivity contribution is 6.10. The molecule has 0 saturated heterocycles. The van der Waals surface area contributed by atoms with Crippen LogP contribution in [-0.2, 0) is 5.41 Å². The van der Waals surface area contributed by atoms with Gasteiger partial charge in [-0.05, 0) is 97.7 Å². The molecule has 62 heavy (non-hydrogen) atoms. The summed E-state index contributed by atoms with van der Waals surface area (Å²) in [6, 6.07) is 76.6. The third-order valence-electron chi connectivity index (χ3n) is 13.0. The highest BCUT2D eigenvalue weighted by Gasteiger charge is 2.37. The lowest BCUT2D eigenvalue weighted by molar-refractivity contribution is 0.661. The molecule has 0 bridgehead atoms. The van der Waals surface area contributed by atoms with Gasteiger partial charge in [0.05, 0.1) is 22.4 Å². The molecule has 0 spiro atoms. The summed E-state index contributed by atoms with van der Waals surface area (Å²) in [4.78, 5) is 10.5. The first-order valence-electron chi connectivity index (χ1n) is 21.4. The summed E-state index contributed by atoms with van der Waals surface area (Å²) < 4.78 is 2.38. The smallest absolute Gasteiger partial charge is 0.160 e. The van der Waals surface area contributed by atoms with Gasteiger partial charge in [-0.1, -0.05) is 184 Å². The molecule has 12 rings (SSSR count). The van der Waals surface area contributed by atoms with Gasteiger partial charge in [0.2, 0.25) is 0 Å². The molecule has 0 radical (unpaired) electrons. The molecule has 3 nitrogen and oxygen atoms in total. The largest absolute Gasteiger partial charge is 0.309 e. The van der Waals surface area contributed by atoms with E-state index in [-0.39, 0.29) is 5.41 Å². The van der Waals surface area contributed by atoms with Crippen molar-refractivity contribution in [2.24, 2.45) is 0 Å². The van der Waals surface area contributed by atoms with Gasteiger partial charge in [0.15, 0.2) is 5.82 Å². The van der Waals surface area contributed by atoms with Gasteiger partial charge in [-0.25, -0.2) is 9.97 Å². The minimum absolute atomic E-state index is 0.145. The van der Waals surface area contributed by atoms with Crippen molar-refractivity contribution in [2.45, 2.75) is 19.3 Å². The second kappa shape index (κ2) is 14.1. The lowest BCUT2D eigenvalue weighted by atomic mass is 9.81. The zero-order chi connectivity index (χ0) is 41.4. The van der Waals surface area contributed by atoms with Gasteiger partial charge in [-0.15, -0.1) is 0 Å². The van der Waals surface area contributed by atoms with Gasteiger partial charge in [-0.2, -0.15) is 0 Å². The van der Waals surface area contributed by atoms with Crippen LogP contribution in [0.4, 0.5) is 0 Å². The Morgan fingerprint density at radius 1 is 0.371 bits per heavy atom. The number of fused-ring (bicyclic) bond motifs is 7. The maximum Gasteiger partial charge on any atom is 0.160 e. The molecule has 2 heterocycles. The molecule has 3 heteroatoms. The van der Waals surface area contributed by atoms with E-state index in [0.717, 1.165) is 39.3 Å². The van der Waals surface area contributed by atoms with Crippen LogP contribution in [0.2, 0.25) is 0 Å². The number of hydrogen-bond acceptors (Lipinski definition) is 2. The first-order chi connectivity index (χ1) is 30.5. The number of para-hydroxylation sites is 2. The summed E-state index contributed by atoms with van der Waals surface area (Å²) in [5.41, 5.74) is 18.4. The summed E-state index contributed by atoms with van der Waals surface area (Å²) in [7, 11) is 0. The van der Waals surface area contributed by atoms with Crippen LogP contribution in [0, 0.1) is 0 Å². The molecule has 2 aromatic heterocycles. The lowest BCUT2D eigenvalue weighted by Crippen LogP contribution is -2.14. The minimum atomic E-state index is -0.145.